The summed E-state index contributed by atoms with van der Waals surface area (Å²) in [5.41, 5.74) is 0.890. The molecule has 0 spiro atoms. The second-order valence-electron chi connectivity index (χ2n) is 9.77. The van der Waals surface area contributed by atoms with Crippen LogP contribution in [-0.4, -0.2) is 48.3 Å². The average molecular weight is 618 g/mol. The summed E-state index contributed by atoms with van der Waals surface area (Å²) < 4.78 is 31.2. The lowest BCUT2D eigenvalue weighted by Crippen LogP contribution is -2.53. The van der Waals surface area contributed by atoms with Crippen LogP contribution in [0.2, 0.25) is 10.0 Å². The van der Waals surface area contributed by atoms with Crippen LogP contribution < -0.4 is 15.2 Å². The van der Waals surface area contributed by atoms with Crippen molar-refractivity contribution in [1.29, 1.82) is 0 Å². The van der Waals surface area contributed by atoms with Crippen molar-refractivity contribution in [2.75, 3.05) is 9.91 Å². The SMILES string of the molecule is Cc1cc(Cl)ccc1N(C(=O)NC(C)C1CC1)C(=O)C1CC(OS(=O)(=O)c2cccnc2)=NN1c1ncccc1Cl. The van der Waals surface area contributed by atoms with E-state index in [4.69, 9.17) is 27.4 Å². The highest BCUT2D eigenvalue weighted by Gasteiger charge is 2.43. The van der Waals surface area contributed by atoms with Crippen LogP contribution in [0.15, 0.2) is 71.1 Å². The first-order chi connectivity index (χ1) is 19.5. The molecule has 2 atom stereocenters. The first kappa shape index (κ1) is 28.8. The number of nitrogens with one attached hydrogen (secondary N) is 1. The van der Waals surface area contributed by atoms with Gasteiger partial charge in [-0.05, 0) is 80.6 Å². The lowest BCUT2D eigenvalue weighted by molar-refractivity contribution is -0.119. The van der Waals surface area contributed by atoms with Gasteiger partial charge < -0.3 is 9.50 Å². The molecule has 0 bridgehead atoms. The minimum Gasteiger partial charge on any atom is -0.361 e. The van der Waals surface area contributed by atoms with E-state index in [2.05, 4.69) is 20.4 Å². The van der Waals surface area contributed by atoms with Gasteiger partial charge >= 0.3 is 16.1 Å². The molecule has 14 heteroatoms. The molecular weight excluding hydrogens is 591 g/mol. The Morgan fingerprint density at radius 3 is 2.56 bits per heavy atom. The summed E-state index contributed by atoms with van der Waals surface area (Å²) in [4.78, 5) is 36.9. The van der Waals surface area contributed by atoms with E-state index in [1.54, 1.807) is 37.3 Å². The number of nitrogens with zero attached hydrogens (tertiary/aromatic N) is 5. The Morgan fingerprint density at radius 2 is 1.90 bits per heavy atom. The Labute approximate surface area is 247 Å². The fourth-order valence-electron chi connectivity index (χ4n) is 4.46. The van der Waals surface area contributed by atoms with Crippen molar-refractivity contribution in [3.05, 3.63) is 76.7 Å². The molecule has 41 heavy (non-hydrogen) atoms. The van der Waals surface area contributed by atoms with Crippen molar-refractivity contribution in [3.63, 3.8) is 0 Å². The van der Waals surface area contributed by atoms with Gasteiger partial charge in [0.1, 0.15) is 10.9 Å². The van der Waals surface area contributed by atoms with Crippen molar-refractivity contribution in [1.82, 2.24) is 15.3 Å². The number of carbonyl (C=O) groups is 2. The number of benzene rings is 1. The van der Waals surface area contributed by atoms with E-state index in [1.165, 1.54) is 29.5 Å². The molecule has 1 saturated carbocycles. The molecule has 1 fully saturated rings. The molecule has 11 nitrogen and oxygen atoms in total. The van der Waals surface area contributed by atoms with Crippen LogP contribution in [0.1, 0.15) is 31.7 Å². The number of pyridine rings is 2. The summed E-state index contributed by atoms with van der Waals surface area (Å²) in [5, 5.41) is 8.98. The Kier molecular flexibility index (Phi) is 8.16. The average Bonchev–Trinajstić information content (AvgIpc) is 3.71. The number of imide groups is 1. The number of hydrogen-bond acceptors (Lipinski definition) is 9. The van der Waals surface area contributed by atoms with Gasteiger partial charge in [-0.1, -0.05) is 23.2 Å². The van der Waals surface area contributed by atoms with E-state index < -0.39 is 28.1 Å². The highest BCUT2D eigenvalue weighted by molar-refractivity contribution is 7.87. The van der Waals surface area contributed by atoms with E-state index >= 15 is 0 Å². The number of carbonyl (C=O) groups excluding carboxylic acids is 2. The molecule has 3 amide bonds. The number of aryl methyl sites for hydroxylation is 1. The van der Waals surface area contributed by atoms with E-state index in [-0.39, 0.29) is 34.1 Å². The second kappa shape index (κ2) is 11.6. The highest BCUT2D eigenvalue weighted by atomic mass is 35.5. The molecule has 0 radical (unpaired) electrons. The number of rotatable bonds is 7. The van der Waals surface area contributed by atoms with E-state index in [1.807, 2.05) is 6.92 Å². The van der Waals surface area contributed by atoms with Gasteiger partial charge in [-0.3, -0.25) is 9.78 Å². The number of hydrazone groups is 1. The third-order valence-corrected chi connectivity index (χ3v) is 8.52. The monoisotopic (exact) mass is 616 g/mol. The third-order valence-electron chi connectivity index (χ3n) is 6.76. The normalized spacial score (nSPS) is 17.5. The zero-order valence-corrected chi connectivity index (χ0v) is 24.4. The molecule has 2 unspecified atom stereocenters. The fraction of sp³-hybridized carbons (Fsp3) is 0.296. The quantitative estimate of drug-likeness (QED) is 0.369. The predicted octanol–water partition coefficient (Wildman–Crippen LogP) is 4.93. The van der Waals surface area contributed by atoms with Crippen molar-refractivity contribution in [3.8, 4) is 0 Å². The standard InChI is InChI=1S/C27H26Cl2N6O5S/c1-16-13-19(28)9-10-22(16)34(27(37)32-17(2)18-7-8-18)26(36)23-14-24(33-35(23)25-21(29)6-4-12-31-25)40-41(38,39)20-5-3-11-30-15-20/h3-6,9-13,15,17-18,23H,7-8,14H2,1-2H3,(H,32,37). The van der Waals surface area contributed by atoms with Crippen molar-refractivity contribution in [2.45, 2.75) is 50.1 Å². The summed E-state index contributed by atoms with van der Waals surface area (Å²) in [6.07, 6.45) is 5.70. The zero-order valence-electron chi connectivity index (χ0n) is 22.1. The van der Waals surface area contributed by atoms with Crippen molar-refractivity contribution < 1.29 is 22.2 Å². The fourth-order valence-corrected chi connectivity index (χ4v) is 5.78. The predicted molar refractivity (Wildman–Crippen MR) is 154 cm³/mol. The first-order valence-corrected chi connectivity index (χ1v) is 14.9. The van der Waals surface area contributed by atoms with Crippen LogP contribution in [0.3, 0.4) is 0 Å². The van der Waals surface area contributed by atoms with Crippen LogP contribution in [-0.2, 0) is 19.1 Å². The van der Waals surface area contributed by atoms with E-state index in [0.29, 0.717) is 22.2 Å². The molecule has 1 N–H and O–H groups in total. The van der Waals surface area contributed by atoms with Gasteiger partial charge in [0.15, 0.2) is 5.82 Å². The summed E-state index contributed by atoms with van der Waals surface area (Å²) in [7, 11) is -4.32. The van der Waals surface area contributed by atoms with Crippen LogP contribution in [0.5, 0.6) is 0 Å². The molecule has 214 valence electrons. The number of halogens is 2. The summed E-state index contributed by atoms with van der Waals surface area (Å²) in [6, 6.07) is 8.71. The third kappa shape index (κ3) is 6.29. The minimum atomic E-state index is -4.32. The maximum absolute atomic E-state index is 14.3. The second-order valence-corrected chi connectivity index (χ2v) is 12.2. The maximum atomic E-state index is 14.3. The van der Waals surface area contributed by atoms with Gasteiger partial charge in [0.05, 0.1) is 17.1 Å². The number of anilines is 2. The lowest BCUT2D eigenvalue weighted by atomic mass is 10.1. The van der Waals surface area contributed by atoms with E-state index in [0.717, 1.165) is 23.9 Å². The van der Waals surface area contributed by atoms with E-state index in [9.17, 15) is 18.0 Å². The Hall–Kier alpha value is -3.74. The van der Waals surface area contributed by atoms with Gasteiger partial charge in [-0.25, -0.2) is 19.7 Å². The summed E-state index contributed by atoms with van der Waals surface area (Å²) in [5.74, 6) is -0.560. The van der Waals surface area contributed by atoms with Gasteiger partial charge in [0.25, 0.3) is 5.91 Å². The van der Waals surface area contributed by atoms with Gasteiger partial charge in [-0.15, -0.1) is 5.10 Å². The van der Waals surface area contributed by atoms with Gasteiger partial charge in [0, 0.05) is 29.7 Å². The Balaban J connectivity index is 1.52. The van der Waals surface area contributed by atoms with Crippen LogP contribution in [0.4, 0.5) is 16.3 Å². The number of urea groups is 1. The summed E-state index contributed by atoms with van der Waals surface area (Å²) >= 11 is 12.6. The topological polar surface area (TPSA) is 134 Å². The molecule has 3 heterocycles. The molecule has 5 rings (SSSR count). The lowest BCUT2D eigenvalue weighted by Gasteiger charge is -2.30. The first-order valence-electron chi connectivity index (χ1n) is 12.8. The van der Waals surface area contributed by atoms with Crippen LogP contribution >= 0.6 is 23.2 Å². The van der Waals surface area contributed by atoms with Crippen molar-refractivity contribution in [2.24, 2.45) is 11.0 Å². The maximum Gasteiger partial charge on any atom is 0.341 e. The van der Waals surface area contributed by atoms with Crippen LogP contribution in [0.25, 0.3) is 0 Å². The molecule has 1 aliphatic heterocycles. The summed E-state index contributed by atoms with van der Waals surface area (Å²) in [6.45, 7) is 3.62. The molecule has 1 aromatic carbocycles. The molecule has 2 aromatic heterocycles. The zero-order chi connectivity index (χ0) is 29.3. The molecule has 3 aromatic rings. The number of amides is 3. The molecule has 2 aliphatic rings. The Bertz CT molecular complexity index is 1620. The number of aromatic nitrogens is 2. The largest absolute Gasteiger partial charge is 0.361 e. The number of hydrogen-bond donors (Lipinski definition) is 1. The minimum absolute atomic E-state index is 0.0874. The van der Waals surface area contributed by atoms with Crippen LogP contribution in [0, 0.1) is 12.8 Å². The van der Waals surface area contributed by atoms with Gasteiger partial charge in [-0.2, -0.15) is 8.42 Å². The molecule has 1 aliphatic carbocycles. The molecule has 0 saturated heterocycles. The van der Waals surface area contributed by atoms with Gasteiger partial charge in [0.2, 0.25) is 5.90 Å². The Morgan fingerprint density at radius 1 is 1.15 bits per heavy atom. The molecular formula is C27H26Cl2N6O5S. The smallest absolute Gasteiger partial charge is 0.341 e. The highest BCUT2D eigenvalue weighted by Crippen LogP contribution is 2.35. The van der Waals surface area contributed by atoms with Crippen molar-refractivity contribution >= 4 is 62.7 Å².